The van der Waals surface area contributed by atoms with Crippen molar-refractivity contribution in [3.8, 4) is 0 Å². The van der Waals surface area contributed by atoms with Crippen LogP contribution in [0, 0.1) is 5.92 Å². The van der Waals surface area contributed by atoms with Crippen molar-refractivity contribution in [1.82, 2.24) is 19.4 Å². The number of fused-ring (bicyclic) bond motifs is 1. The van der Waals surface area contributed by atoms with Crippen molar-refractivity contribution in [3.63, 3.8) is 0 Å². The number of likely N-dealkylation sites (tertiary alicyclic amines) is 1. The second-order valence-corrected chi connectivity index (χ2v) is 7.99. The van der Waals surface area contributed by atoms with Gasteiger partial charge in [-0.05, 0) is 45.4 Å². The fourth-order valence-corrected chi connectivity index (χ4v) is 4.42. The van der Waals surface area contributed by atoms with E-state index in [2.05, 4.69) is 41.5 Å². The van der Waals surface area contributed by atoms with Crippen LogP contribution in [0.1, 0.15) is 38.6 Å². The van der Waals surface area contributed by atoms with Crippen LogP contribution in [0.15, 0.2) is 24.3 Å². The quantitative estimate of drug-likeness (QED) is 0.830. The molecule has 0 aliphatic carbocycles. The molecular weight excluding hydrogens is 340 g/mol. The molecule has 0 saturated carbocycles. The Hall–Kier alpha value is -1.92. The molecule has 0 unspecified atom stereocenters. The van der Waals surface area contributed by atoms with E-state index in [0.717, 1.165) is 56.9 Å². The summed E-state index contributed by atoms with van der Waals surface area (Å²) in [5.74, 6) is 1.51. The number of hydrogen-bond donors (Lipinski definition) is 0. The van der Waals surface area contributed by atoms with E-state index < -0.39 is 0 Å². The minimum absolute atomic E-state index is 0.105. The Balaban J connectivity index is 1.49. The number of ether oxygens (including phenoxy) is 1. The average Bonchev–Trinajstić information content (AvgIpc) is 3.06. The lowest BCUT2D eigenvalue weighted by molar-refractivity contribution is -0.141. The zero-order valence-corrected chi connectivity index (χ0v) is 16.4. The predicted molar refractivity (Wildman–Crippen MR) is 106 cm³/mol. The highest BCUT2D eigenvalue weighted by molar-refractivity contribution is 5.79. The van der Waals surface area contributed by atoms with Gasteiger partial charge in [-0.2, -0.15) is 0 Å². The molecule has 6 heteroatoms. The van der Waals surface area contributed by atoms with Gasteiger partial charge in [0, 0.05) is 25.7 Å². The Morgan fingerprint density at radius 2 is 2.00 bits per heavy atom. The van der Waals surface area contributed by atoms with Crippen LogP contribution in [-0.4, -0.2) is 64.7 Å². The van der Waals surface area contributed by atoms with Crippen LogP contribution >= 0.6 is 0 Å². The van der Waals surface area contributed by atoms with Gasteiger partial charge in [-0.15, -0.1) is 0 Å². The number of nitrogens with zero attached hydrogens (tertiary/aromatic N) is 4. The fourth-order valence-electron chi connectivity index (χ4n) is 4.42. The van der Waals surface area contributed by atoms with Gasteiger partial charge in [0.1, 0.15) is 5.82 Å². The maximum atomic E-state index is 12.9. The molecule has 27 heavy (non-hydrogen) atoms. The minimum atomic E-state index is 0.105. The van der Waals surface area contributed by atoms with E-state index in [0.29, 0.717) is 25.2 Å². The van der Waals surface area contributed by atoms with Crippen LogP contribution in [-0.2, 0) is 16.1 Å². The van der Waals surface area contributed by atoms with Crippen LogP contribution in [0.5, 0.6) is 0 Å². The maximum Gasteiger partial charge on any atom is 0.227 e. The predicted octanol–water partition coefficient (Wildman–Crippen LogP) is 2.69. The van der Waals surface area contributed by atoms with Gasteiger partial charge in [-0.25, -0.2) is 4.98 Å². The summed E-state index contributed by atoms with van der Waals surface area (Å²) in [4.78, 5) is 22.2. The summed E-state index contributed by atoms with van der Waals surface area (Å²) in [7, 11) is 0. The lowest BCUT2D eigenvalue weighted by Crippen LogP contribution is -2.48. The summed E-state index contributed by atoms with van der Waals surface area (Å²) in [5, 5.41) is 0. The zero-order chi connectivity index (χ0) is 18.8. The van der Waals surface area contributed by atoms with Crippen LogP contribution in [0.4, 0.5) is 0 Å². The van der Waals surface area contributed by atoms with Crippen LogP contribution < -0.4 is 0 Å². The lowest BCUT2D eigenvalue weighted by atomic mass is 9.96. The van der Waals surface area contributed by atoms with Crippen LogP contribution in [0.25, 0.3) is 11.0 Å². The van der Waals surface area contributed by atoms with Gasteiger partial charge in [-0.1, -0.05) is 12.1 Å². The number of amides is 1. The first-order chi connectivity index (χ1) is 13.1. The molecule has 2 aliphatic rings. The zero-order valence-electron chi connectivity index (χ0n) is 16.4. The third-order valence-corrected chi connectivity index (χ3v) is 5.73. The SMILES string of the molecule is CC(C)n1c(CN2CCC[C@H](C(=O)N3CCOCC3)C2)nc2ccccc21. The molecular formula is C21H30N4O2. The molecule has 1 atom stereocenters. The molecule has 0 N–H and O–H groups in total. The number of imidazole rings is 1. The first-order valence-corrected chi connectivity index (χ1v) is 10.2. The van der Waals surface area contributed by atoms with Crippen LogP contribution in [0.2, 0.25) is 0 Å². The van der Waals surface area contributed by atoms with Gasteiger partial charge >= 0.3 is 0 Å². The van der Waals surface area contributed by atoms with Crippen molar-refractivity contribution in [1.29, 1.82) is 0 Å². The van der Waals surface area contributed by atoms with Gasteiger partial charge in [0.25, 0.3) is 0 Å². The highest BCUT2D eigenvalue weighted by Gasteiger charge is 2.30. The third-order valence-electron chi connectivity index (χ3n) is 5.73. The topological polar surface area (TPSA) is 50.6 Å². The van der Waals surface area contributed by atoms with Crippen molar-refractivity contribution in [2.45, 2.75) is 39.3 Å². The summed E-state index contributed by atoms with van der Waals surface area (Å²) in [6, 6.07) is 8.71. The van der Waals surface area contributed by atoms with E-state index in [1.807, 2.05) is 11.0 Å². The van der Waals surface area contributed by atoms with Gasteiger partial charge in [0.15, 0.2) is 0 Å². The highest BCUT2D eigenvalue weighted by Crippen LogP contribution is 2.25. The van der Waals surface area contributed by atoms with Crippen molar-refractivity contribution in [2.24, 2.45) is 5.92 Å². The summed E-state index contributed by atoms with van der Waals surface area (Å²) in [5.41, 5.74) is 2.25. The molecule has 0 bridgehead atoms. The number of morpholine rings is 1. The number of carbonyl (C=O) groups is 1. The molecule has 6 nitrogen and oxygen atoms in total. The number of hydrogen-bond acceptors (Lipinski definition) is 4. The van der Waals surface area contributed by atoms with E-state index in [1.54, 1.807) is 0 Å². The summed E-state index contributed by atoms with van der Waals surface area (Å²) >= 11 is 0. The summed E-state index contributed by atoms with van der Waals surface area (Å²) < 4.78 is 7.72. The molecule has 1 amide bonds. The first-order valence-electron chi connectivity index (χ1n) is 10.2. The van der Waals surface area contributed by atoms with E-state index in [1.165, 1.54) is 5.52 Å². The van der Waals surface area contributed by atoms with Crippen LogP contribution in [0.3, 0.4) is 0 Å². The van der Waals surface area contributed by atoms with E-state index in [4.69, 9.17) is 9.72 Å². The van der Waals surface area contributed by atoms with Crippen molar-refractivity contribution in [3.05, 3.63) is 30.1 Å². The van der Waals surface area contributed by atoms with Gasteiger partial charge in [0.05, 0.1) is 36.7 Å². The largest absolute Gasteiger partial charge is 0.378 e. The van der Waals surface area contributed by atoms with Crippen molar-refractivity contribution < 1.29 is 9.53 Å². The van der Waals surface area contributed by atoms with Gasteiger partial charge in [-0.3, -0.25) is 9.69 Å². The number of carbonyl (C=O) groups excluding carboxylic acids is 1. The second-order valence-electron chi connectivity index (χ2n) is 7.99. The van der Waals surface area contributed by atoms with Gasteiger partial charge < -0.3 is 14.2 Å². The molecule has 2 aromatic rings. The Morgan fingerprint density at radius 3 is 2.78 bits per heavy atom. The minimum Gasteiger partial charge on any atom is -0.378 e. The normalized spacial score (nSPS) is 21.9. The highest BCUT2D eigenvalue weighted by atomic mass is 16.5. The molecule has 1 aromatic carbocycles. The van der Waals surface area contributed by atoms with Crippen molar-refractivity contribution in [2.75, 3.05) is 39.4 Å². The number of aromatic nitrogens is 2. The number of para-hydroxylation sites is 2. The lowest BCUT2D eigenvalue weighted by Gasteiger charge is -2.36. The van der Waals surface area contributed by atoms with Gasteiger partial charge in [0.2, 0.25) is 5.91 Å². The Labute approximate surface area is 161 Å². The molecule has 146 valence electrons. The van der Waals surface area contributed by atoms with E-state index >= 15 is 0 Å². The molecule has 2 aliphatic heterocycles. The van der Waals surface area contributed by atoms with E-state index in [9.17, 15) is 4.79 Å². The molecule has 1 aromatic heterocycles. The number of piperidine rings is 1. The Bertz CT molecular complexity index is 795. The summed E-state index contributed by atoms with van der Waals surface area (Å²) in [6.45, 7) is 9.89. The molecule has 2 saturated heterocycles. The maximum absolute atomic E-state index is 12.9. The fraction of sp³-hybridized carbons (Fsp3) is 0.619. The number of benzene rings is 1. The molecule has 2 fully saturated rings. The monoisotopic (exact) mass is 370 g/mol. The molecule has 0 radical (unpaired) electrons. The Kier molecular flexibility index (Phi) is 5.45. The second kappa shape index (κ2) is 7.98. The molecule has 0 spiro atoms. The van der Waals surface area contributed by atoms with Crippen molar-refractivity contribution >= 4 is 16.9 Å². The average molecular weight is 370 g/mol. The molecule has 3 heterocycles. The standard InChI is InChI=1S/C21H30N4O2/c1-16(2)25-19-8-4-3-7-18(19)22-20(25)15-23-9-5-6-17(14-23)21(26)24-10-12-27-13-11-24/h3-4,7-8,16-17H,5-6,9-15H2,1-2H3/t17-/m0/s1. The number of rotatable bonds is 4. The molecule has 4 rings (SSSR count). The third kappa shape index (κ3) is 3.87. The summed E-state index contributed by atoms with van der Waals surface area (Å²) in [6.07, 6.45) is 2.07. The first kappa shape index (κ1) is 18.4. The smallest absolute Gasteiger partial charge is 0.227 e. The Morgan fingerprint density at radius 1 is 1.22 bits per heavy atom. The van der Waals surface area contributed by atoms with E-state index in [-0.39, 0.29) is 5.92 Å².